The molecule has 1 aromatic heterocycles. The Balaban J connectivity index is 1.50. The van der Waals surface area contributed by atoms with Crippen molar-refractivity contribution in [2.75, 3.05) is 11.9 Å². The zero-order chi connectivity index (χ0) is 20.4. The number of amides is 1. The van der Waals surface area contributed by atoms with Gasteiger partial charge in [-0.25, -0.2) is 4.79 Å². The van der Waals surface area contributed by atoms with Gasteiger partial charge >= 0.3 is 5.97 Å². The third-order valence-corrected chi connectivity index (χ3v) is 5.51. The predicted octanol–water partition coefficient (Wildman–Crippen LogP) is 5.11. The number of rotatable bonds is 5. The lowest BCUT2D eigenvalue weighted by atomic mass is 9.87. The van der Waals surface area contributed by atoms with E-state index < -0.39 is 0 Å². The van der Waals surface area contributed by atoms with E-state index in [1.165, 1.54) is 17.7 Å². The topological polar surface area (TPSA) is 71.2 Å². The van der Waals surface area contributed by atoms with Gasteiger partial charge in [0.2, 0.25) is 0 Å². The molecule has 1 unspecified atom stereocenters. The number of ether oxygens (including phenoxy) is 1. The van der Waals surface area contributed by atoms with Crippen LogP contribution in [0.1, 0.15) is 58.7 Å². The van der Waals surface area contributed by atoms with Gasteiger partial charge in [-0.1, -0.05) is 13.8 Å². The van der Waals surface area contributed by atoms with Crippen molar-refractivity contribution < 1.29 is 14.3 Å². The number of hydrogen-bond acceptors (Lipinski definition) is 3. The van der Waals surface area contributed by atoms with Crippen LogP contribution in [-0.4, -0.2) is 23.5 Å². The first-order valence-electron chi connectivity index (χ1n) is 10.3. The van der Waals surface area contributed by atoms with Crippen molar-refractivity contribution in [3.8, 4) is 0 Å². The standard InChI is InChI=1S/C24H26N2O3/c1-3-12-29-24(28)16-5-8-18(9-6-16)25-23(27)17-7-11-22-20(14-17)19-13-15(2)4-10-21(19)26-22/h5-9,11,14-15,26H,3-4,10,12-13H2,1-2H3,(H,25,27). The lowest BCUT2D eigenvalue weighted by molar-refractivity contribution is 0.0505. The van der Waals surface area contributed by atoms with E-state index in [2.05, 4.69) is 17.2 Å². The first-order valence-corrected chi connectivity index (χ1v) is 10.3. The summed E-state index contributed by atoms with van der Waals surface area (Å²) >= 11 is 0. The molecule has 2 N–H and O–H groups in total. The van der Waals surface area contributed by atoms with Gasteiger partial charge in [-0.3, -0.25) is 4.79 Å². The number of carbonyl (C=O) groups excluding carboxylic acids is 2. The molecule has 0 aliphatic heterocycles. The van der Waals surface area contributed by atoms with E-state index in [1.54, 1.807) is 24.3 Å². The molecule has 5 nitrogen and oxygen atoms in total. The van der Waals surface area contributed by atoms with E-state index in [-0.39, 0.29) is 11.9 Å². The van der Waals surface area contributed by atoms with E-state index in [9.17, 15) is 9.59 Å². The summed E-state index contributed by atoms with van der Waals surface area (Å²) in [6.07, 6.45) is 4.11. The SMILES string of the molecule is CCCOC(=O)c1ccc(NC(=O)c2ccc3[nH]c4c(c3c2)CC(C)CC4)cc1. The monoisotopic (exact) mass is 390 g/mol. The van der Waals surface area contributed by atoms with Crippen molar-refractivity contribution in [1.82, 2.24) is 4.98 Å². The van der Waals surface area contributed by atoms with Crippen LogP contribution in [0.25, 0.3) is 10.9 Å². The number of hydrogen-bond donors (Lipinski definition) is 2. The van der Waals surface area contributed by atoms with E-state index >= 15 is 0 Å². The van der Waals surface area contributed by atoms with Crippen molar-refractivity contribution in [3.05, 3.63) is 64.8 Å². The number of aromatic amines is 1. The molecule has 1 amide bonds. The fraction of sp³-hybridized carbons (Fsp3) is 0.333. The van der Waals surface area contributed by atoms with E-state index in [1.807, 2.05) is 25.1 Å². The van der Waals surface area contributed by atoms with Gasteiger partial charge in [0.15, 0.2) is 0 Å². The van der Waals surface area contributed by atoms with E-state index in [4.69, 9.17) is 4.74 Å². The summed E-state index contributed by atoms with van der Waals surface area (Å²) in [4.78, 5) is 28.2. The Morgan fingerprint density at radius 2 is 1.90 bits per heavy atom. The molecule has 0 spiro atoms. The summed E-state index contributed by atoms with van der Waals surface area (Å²) in [6, 6.07) is 12.6. The van der Waals surface area contributed by atoms with Crippen LogP contribution >= 0.6 is 0 Å². The van der Waals surface area contributed by atoms with Crippen LogP contribution in [-0.2, 0) is 17.6 Å². The number of nitrogens with one attached hydrogen (secondary N) is 2. The Bertz CT molecular complexity index is 1050. The lowest BCUT2D eigenvalue weighted by Crippen LogP contribution is -2.12. The molecular weight excluding hydrogens is 364 g/mol. The van der Waals surface area contributed by atoms with Crippen molar-refractivity contribution in [1.29, 1.82) is 0 Å². The molecule has 0 saturated carbocycles. The highest BCUT2D eigenvalue weighted by Crippen LogP contribution is 2.32. The van der Waals surface area contributed by atoms with Gasteiger partial charge in [0.05, 0.1) is 12.2 Å². The molecule has 1 atom stereocenters. The molecule has 1 heterocycles. The highest BCUT2D eigenvalue weighted by atomic mass is 16.5. The second-order valence-corrected chi connectivity index (χ2v) is 7.86. The van der Waals surface area contributed by atoms with Crippen molar-refractivity contribution in [2.24, 2.45) is 5.92 Å². The lowest BCUT2D eigenvalue weighted by Gasteiger charge is -2.18. The van der Waals surface area contributed by atoms with E-state index in [0.29, 0.717) is 29.3 Å². The third-order valence-electron chi connectivity index (χ3n) is 5.51. The quantitative estimate of drug-likeness (QED) is 0.595. The largest absolute Gasteiger partial charge is 0.462 e. The number of carbonyl (C=O) groups is 2. The Hall–Kier alpha value is -3.08. The van der Waals surface area contributed by atoms with Gasteiger partial charge in [-0.2, -0.15) is 0 Å². The van der Waals surface area contributed by atoms with Gasteiger partial charge in [0.25, 0.3) is 5.91 Å². The maximum atomic E-state index is 12.8. The predicted molar refractivity (Wildman–Crippen MR) is 114 cm³/mol. The minimum Gasteiger partial charge on any atom is -0.462 e. The maximum Gasteiger partial charge on any atom is 0.338 e. The molecule has 3 aromatic rings. The first-order chi connectivity index (χ1) is 14.0. The Morgan fingerprint density at radius 1 is 1.14 bits per heavy atom. The van der Waals surface area contributed by atoms with Crippen LogP contribution < -0.4 is 5.32 Å². The maximum absolute atomic E-state index is 12.8. The minimum absolute atomic E-state index is 0.160. The molecule has 0 radical (unpaired) electrons. The average molecular weight is 390 g/mol. The fourth-order valence-corrected chi connectivity index (χ4v) is 3.90. The molecule has 2 aromatic carbocycles. The normalized spacial score (nSPS) is 15.7. The Labute approximate surface area is 170 Å². The number of esters is 1. The van der Waals surface area contributed by atoms with Gasteiger partial charge in [-0.15, -0.1) is 0 Å². The summed E-state index contributed by atoms with van der Waals surface area (Å²) in [5, 5.41) is 4.06. The van der Waals surface area contributed by atoms with Crippen LogP contribution in [0.3, 0.4) is 0 Å². The number of aromatic nitrogens is 1. The second-order valence-electron chi connectivity index (χ2n) is 7.86. The van der Waals surface area contributed by atoms with Crippen molar-refractivity contribution in [3.63, 3.8) is 0 Å². The highest BCUT2D eigenvalue weighted by Gasteiger charge is 2.20. The number of benzene rings is 2. The molecule has 5 heteroatoms. The summed E-state index contributed by atoms with van der Waals surface area (Å²) in [5.41, 5.74) is 5.50. The Morgan fingerprint density at radius 3 is 2.66 bits per heavy atom. The van der Waals surface area contributed by atoms with E-state index in [0.717, 1.165) is 30.2 Å². The molecule has 0 bridgehead atoms. The van der Waals surface area contributed by atoms with Crippen LogP contribution in [0, 0.1) is 5.92 Å². The third kappa shape index (κ3) is 4.04. The van der Waals surface area contributed by atoms with Gasteiger partial charge in [0.1, 0.15) is 0 Å². The summed E-state index contributed by atoms with van der Waals surface area (Å²) < 4.78 is 5.12. The first kappa shape index (κ1) is 19.2. The van der Waals surface area contributed by atoms with Gasteiger partial charge < -0.3 is 15.0 Å². The van der Waals surface area contributed by atoms with Crippen molar-refractivity contribution >= 4 is 28.5 Å². The number of H-pyrrole nitrogens is 1. The molecule has 150 valence electrons. The molecule has 1 aliphatic rings. The molecule has 0 saturated heterocycles. The molecule has 29 heavy (non-hydrogen) atoms. The molecule has 4 rings (SSSR count). The van der Waals surface area contributed by atoms with Crippen molar-refractivity contribution in [2.45, 2.75) is 39.5 Å². The highest BCUT2D eigenvalue weighted by molar-refractivity contribution is 6.06. The number of anilines is 1. The number of fused-ring (bicyclic) bond motifs is 3. The smallest absolute Gasteiger partial charge is 0.338 e. The molecule has 1 aliphatic carbocycles. The average Bonchev–Trinajstić information content (AvgIpc) is 3.09. The zero-order valence-electron chi connectivity index (χ0n) is 16.9. The van der Waals surface area contributed by atoms with Gasteiger partial charge in [0, 0.05) is 27.8 Å². The summed E-state index contributed by atoms with van der Waals surface area (Å²) in [6.45, 7) is 4.63. The van der Waals surface area contributed by atoms with Crippen LogP contribution in [0.5, 0.6) is 0 Å². The van der Waals surface area contributed by atoms with Crippen LogP contribution in [0.2, 0.25) is 0 Å². The summed E-state index contributed by atoms with van der Waals surface area (Å²) in [7, 11) is 0. The zero-order valence-corrected chi connectivity index (χ0v) is 16.9. The van der Waals surface area contributed by atoms with Crippen LogP contribution in [0.4, 0.5) is 5.69 Å². The number of aryl methyl sites for hydroxylation is 1. The Kier molecular flexibility index (Phi) is 5.38. The summed E-state index contributed by atoms with van der Waals surface area (Å²) in [5.74, 6) is 0.162. The van der Waals surface area contributed by atoms with Gasteiger partial charge in [-0.05, 0) is 79.6 Å². The second kappa shape index (κ2) is 8.11. The molecule has 0 fully saturated rings. The molecular formula is C24H26N2O3. The fourth-order valence-electron chi connectivity index (χ4n) is 3.90. The van der Waals surface area contributed by atoms with Crippen LogP contribution in [0.15, 0.2) is 42.5 Å². The minimum atomic E-state index is -0.346.